The van der Waals surface area contributed by atoms with E-state index in [1.54, 1.807) is 17.0 Å². The maximum Gasteiger partial charge on any atom is 0.264 e. The lowest BCUT2D eigenvalue weighted by Gasteiger charge is -2.25. The Balaban J connectivity index is 1.28. The predicted octanol–water partition coefficient (Wildman–Crippen LogP) is 5.60. The third-order valence-corrected chi connectivity index (χ3v) is 7.34. The van der Waals surface area contributed by atoms with E-state index in [0.717, 1.165) is 55.0 Å². The number of rotatable bonds is 7. The zero-order chi connectivity index (χ0) is 27.8. The average molecular weight is 541 g/mol. The fourth-order valence-electron chi connectivity index (χ4n) is 5.26. The highest BCUT2D eigenvalue weighted by Crippen LogP contribution is 2.36. The third kappa shape index (κ3) is 5.10. The summed E-state index contributed by atoms with van der Waals surface area (Å²) >= 11 is 0. The first-order valence-electron chi connectivity index (χ1n) is 13.2. The van der Waals surface area contributed by atoms with Gasteiger partial charge in [-0.3, -0.25) is 4.79 Å². The Labute approximate surface area is 229 Å². The Morgan fingerprint density at radius 1 is 1.10 bits per heavy atom. The van der Waals surface area contributed by atoms with Gasteiger partial charge < -0.3 is 19.9 Å². The summed E-state index contributed by atoms with van der Waals surface area (Å²) < 4.78 is 34.7. The molecule has 1 saturated heterocycles. The van der Waals surface area contributed by atoms with Crippen molar-refractivity contribution in [3.8, 4) is 28.7 Å². The zero-order valence-electron chi connectivity index (χ0n) is 21.6. The maximum absolute atomic E-state index is 13.5. The fourth-order valence-corrected chi connectivity index (χ4v) is 5.26. The average Bonchev–Trinajstić information content (AvgIpc) is 3.51. The molecule has 2 aromatic heterocycles. The molecule has 0 radical (unpaired) electrons. The Hall–Kier alpha value is -4.78. The lowest BCUT2D eigenvalue weighted by Crippen LogP contribution is -2.38. The highest BCUT2D eigenvalue weighted by Gasteiger charge is 2.33. The number of nitrogens with two attached hydrogens (primary N) is 1. The Morgan fingerprint density at radius 3 is 2.55 bits per heavy atom. The molecule has 2 fully saturated rings. The number of amides is 1. The molecule has 4 aromatic rings. The second-order valence-electron chi connectivity index (χ2n) is 10.2. The smallest absolute Gasteiger partial charge is 0.264 e. The molecule has 3 heterocycles. The SMILES string of the molecule is N#CC(=CC1CC1)C(=O)N1CCC[C@@H]1Cn1cc(-c2ccc(Oc3cc(F)cc(F)c3)cc2)c2c(N)ncnc21. The number of fused-ring (bicyclic) bond motifs is 1. The van der Waals surface area contributed by atoms with E-state index in [0.29, 0.717) is 41.6 Å². The first kappa shape index (κ1) is 25.5. The Morgan fingerprint density at radius 2 is 1.85 bits per heavy atom. The maximum atomic E-state index is 13.5. The van der Waals surface area contributed by atoms with Crippen molar-refractivity contribution in [3.05, 3.63) is 78.3 Å². The first-order chi connectivity index (χ1) is 19.4. The number of ether oxygens (including phenoxy) is 1. The summed E-state index contributed by atoms with van der Waals surface area (Å²) in [5, 5.41) is 10.3. The molecule has 8 nitrogen and oxygen atoms in total. The van der Waals surface area contributed by atoms with E-state index in [1.807, 2.05) is 29.0 Å². The van der Waals surface area contributed by atoms with Crippen LogP contribution >= 0.6 is 0 Å². The van der Waals surface area contributed by atoms with Gasteiger partial charge in [0.15, 0.2) is 0 Å². The highest BCUT2D eigenvalue weighted by atomic mass is 19.1. The van der Waals surface area contributed by atoms with Crippen LogP contribution in [0.25, 0.3) is 22.2 Å². The van der Waals surface area contributed by atoms with E-state index in [1.165, 1.54) is 6.33 Å². The molecule has 2 aromatic carbocycles. The Kier molecular flexibility index (Phi) is 6.64. The van der Waals surface area contributed by atoms with Gasteiger partial charge >= 0.3 is 0 Å². The molecule has 1 atom stereocenters. The largest absolute Gasteiger partial charge is 0.457 e. The van der Waals surface area contributed by atoms with Gasteiger partial charge in [0.25, 0.3) is 5.91 Å². The van der Waals surface area contributed by atoms with E-state index in [9.17, 15) is 18.8 Å². The number of hydrogen-bond donors (Lipinski definition) is 1. The number of allylic oxidation sites excluding steroid dienone is 1. The minimum atomic E-state index is -0.722. The van der Waals surface area contributed by atoms with Crippen molar-refractivity contribution in [1.82, 2.24) is 19.4 Å². The molecule has 2 N–H and O–H groups in total. The van der Waals surface area contributed by atoms with Crippen LogP contribution < -0.4 is 10.5 Å². The Bertz CT molecular complexity index is 1650. The van der Waals surface area contributed by atoms with E-state index in [4.69, 9.17) is 10.5 Å². The minimum absolute atomic E-state index is 0.0571. The molecule has 2 aliphatic rings. The van der Waals surface area contributed by atoms with Crippen LogP contribution in [0.5, 0.6) is 11.5 Å². The third-order valence-electron chi connectivity index (χ3n) is 7.34. The molecule has 1 saturated carbocycles. The summed E-state index contributed by atoms with van der Waals surface area (Å²) in [4.78, 5) is 23.7. The number of benzene rings is 2. The van der Waals surface area contributed by atoms with Crippen molar-refractivity contribution in [3.63, 3.8) is 0 Å². The first-order valence-corrected chi connectivity index (χ1v) is 13.2. The van der Waals surface area contributed by atoms with Crippen molar-refractivity contribution < 1.29 is 18.3 Å². The topological polar surface area (TPSA) is 110 Å². The molecule has 1 aliphatic carbocycles. The summed E-state index contributed by atoms with van der Waals surface area (Å²) in [6, 6.07) is 12.1. The quantitative estimate of drug-likeness (QED) is 0.241. The van der Waals surface area contributed by atoms with Gasteiger partial charge in [0.1, 0.15) is 52.6 Å². The van der Waals surface area contributed by atoms with Crippen LogP contribution in [0, 0.1) is 28.9 Å². The fraction of sp³-hybridized carbons (Fsp3) is 0.267. The van der Waals surface area contributed by atoms with Crippen LogP contribution in [0.2, 0.25) is 0 Å². The number of anilines is 1. The van der Waals surface area contributed by atoms with Gasteiger partial charge in [-0.1, -0.05) is 18.2 Å². The van der Waals surface area contributed by atoms with Crippen LogP contribution in [0.1, 0.15) is 25.7 Å². The molecular formula is C30H26F2N6O2. The van der Waals surface area contributed by atoms with Gasteiger partial charge in [-0.05, 0) is 49.3 Å². The molecule has 0 unspecified atom stereocenters. The summed E-state index contributed by atoms with van der Waals surface area (Å²) in [5.74, 6) is -0.525. The summed E-state index contributed by atoms with van der Waals surface area (Å²) in [7, 11) is 0. The number of carbonyl (C=O) groups is 1. The van der Waals surface area contributed by atoms with Gasteiger partial charge in [-0.2, -0.15) is 5.26 Å². The second kappa shape index (κ2) is 10.4. The molecule has 0 spiro atoms. The van der Waals surface area contributed by atoms with Crippen LogP contribution in [-0.2, 0) is 11.3 Å². The van der Waals surface area contributed by atoms with E-state index in [-0.39, 0.29) is 23.3 Å². The number of likely N-dealkylation sites (tertiary alicyclic amines) is 1. The number of nitriles is 1. The van der Waals surface area contributed by atoms with Crippen LogP contribution in [-0.4, -0.2) is 37.9 Å². The molecule has 40 heavy (non-hydrogen) atoms. The molecule has 0 bridgehead atoms. The van der Waals surface area contributed by atoms with Gasteiger partial charge in [0.2, 0.25) is 0 Å². The highest BCUT2D eigenvalue weighted by molar-refractivity contribution is 6.01. The molecular weight excluding hydrogens is 514 g/mol. The van der Waals surface area contributed by atoms with Crippen molar-refractivity contribution in [2.45, 2.75) is 38.3 Å². The second-order valence-corrected chi connectivity index (χ2v) is 10.2. The number of nitrogen functional groups attached to an aromatic ring is 1. The number of halogens is 2. The van der Waals surface area contributed by atoms with Crippen molar-refractivity contribution in [2.24, 2.45) is 5.92 Å². The van der Waals surface area contributed by atoms with Gasteiger partial charge in [0.05, 0.1) is 11.4 Å². The monoisotopic (exact) mass is 540 g/mol. The molecule has 202 valence electrons. The lowest BCUT2D eigenvalue weighted by molar-refractivity contribution is -0.127. The molecule has 1 aliphatic heterocycles. The van der Waals surface area contributed by atoms with Crippen LogP contribution in [0.15, 0.2) is 66.6 Å². The van der Waals surface area contributed by atoms with Crippen molar-refractivity contribution >= 4 is 22.8 Å². The van der Waals surface area contributed by atoms with Gasteiger partial charge in [0, 0.05) is 43.0 Å². The van der Waals surface area contributed by atoms with Crippen molar-refractivity contribution in [2.75, 3.05) is 12.3 Å². The summed E-state index contributed by atoms with van der Waals surface area (Å²) in [6.45, 7) is 1.10. The molecule has 1 amide bonds. The standard InChI is InChI=1S/C30H26F2N6O2/c31-21-11-22(32)13-25(12-21)40-24-7-5-19(6-8-24)26-16-37(29-27(26)28(34)35-17-36-29)15-23-2-1-9-38(23)30(39)20(14-33)10-18-3-4-18/h5-8,10-13,16-18,23H,1-4,9,15H2,(H2,34,35,36)/t23-/m1/s1. The number of nitrogens with zero attached hydrogens (tertiary/aromatic N) is 5. The van der Waals surface area contributed by atoms with E-state index in [2.05, 4.69) is 16.0 Å². The number of hydrogen-bond acceptors (Lipinski definition) is 6. The van der Waals surface area contributed by atoms with Gasteiger partial charge in [-0.15, -0.1) is 0 Å². The minimum Gasteiger partial charge on any atom is -0.457 e. The predicted molar refractivity (Wildman–Crippen MR) is 145 cm³/mol. The van der Waals surface area contributed by atoms with E-state index < -0.39 is 11.6 Å². The summed E-state index contributed by atoms with van der Waals surface area (Å²) in [6.07, 6.45) is 8.90. The number of aromatic nitrogens is 3. The van der Waals surface area contributed by atoms with Crippen LogP contribution in [0.4, 0.5) is 14.6 Å². The summed E-state index contributed by atoms with van der Waals surface area (Å²) in [5.41, 5.74) is 8.79. The zero-order valence-corrected chi connectivity index (χ0v) is 21.6. The lowest BCUT2D eigenvalue weighted by atomic mass is 10.1. The van der Waals surface area contributed by atoms with Crippen molar-refractivity contribution in [1.29, 1.82) is 5.26 Å². The molecule has 10 heteroatoms. The van der Waals surface area contributed by atoms with Crippen LogP contribution in [0.3, 0.4) is 0 Å². The molecule has 6 rings (SSSR count). The number of carbonyl (C=O) groups excluding carboxylic acids is 1. The normalized spacial score (nSPS) is 17.3. The van der Waals surface area contributed by atoms with E-state index >= 15 is 0 Å². The van der Waals surface area contributed by atoms with Gasteiger partial charge in [-0.25, -0.2) is 18.7 Å².